The lowest BCUT2D eigenvalue weighted by Gasteiger charge is -2.08. The van der Waals surface area contributed by atoms with Gasteiger partial charge in [0.2, 0.25) is 5.91 Å². The van der Waals surface area contributed by atoms with Crippen LogP contribution in [-0.2, 0) is 4.79 Å². The molecule has 19 heavy (non-hydrogen) atoms. The number of hydrogen-bond donors (Lipinski definition) is 2. The van der Waals surface area contributed by atoms with Crippen molar-refractivity contribution in [3.63, 3.8) is 0 Å². The molecule has 4 nitrogen and oxygen atoms in total. The van der Waals surface area contributed by atoms with E-state index in [9.17, 15) is 22.8 Å². The monoisotopic (exact) mass is 312 g/mol. The SMILES string of the molecule is NC(=O)CNC(=O)c1cc(Cl)cc(SC(F)(F)F)c1. The smallest absolute Gasteiger partial charge is 0.368 e. The van der Waals surface area contributed by atoms with Gasteiger partial charge in [-0.1, -0.05) is 11.6 Å². The van der Waals surface area contributed by atoms with E-state index in [4.69, 9.17) is 17.3 Å². The Balaban J connectivity index is 2.90. The predicted molar refractivity (Wildman–Crippen MR) is 64.9 cm³/mol. The van der Waals surface area contributed by atoms with E-state index in [0.717, 1.165) is 12.1 Å². The second-order valence-corrected chi connectivity index (χ2v) is 4.95. The van der Waals surface area contributed by atoms with Crippen molar-refractivity contribution in [2.24, 2.45) is 5.73 Å². The minimum Gasteiger partial charge on any atom is -0.368 e. The number of nitrogens with two attached hydrogens (primary N) is 1. The van der Waals surface area contributed by atoms with Gasteiger partial charge in [-0.15, -0.1) is 0 Å². The molecule has 0 unspecified atom stereocenters. The molecule has 1 aromatic rings. The summed E-state index contributed by atoms with van der Waals surface area (Å²) >= 11 is 5.25. The van der Waals surface area contributed by atoms with E-state index in [2.05, 4.69) is 5.32 Å². The number of thioether (sulfide) groups is 1. The number of halogens is 4. The maximum atomic E-state index is 12.2. The van der Waals surface area contributed by atoms with E-state index in [0.29, 0.717) is 0 Å². The summed E-state index contributed by atoms with van der Waals surface area (Å²) in [7, 11) is 0. The molecule has 0 heterocycles. The van der Waals surface area contributed by atoms with Gasteiger partial charge in [-0.25, -0.2) is 0 Å². The maximum absolute atomic E-state index is 12.2. The highest BCUT2D eigenvalue weighted by molar-refractivity contribution is 8.00. The Bertz CT molecular complexity index is 508. The summed E-state index contributed by atoms with van der Waals surface area (Å²) in [5.74, 6) is -1.49. The molecule has 0 aliphatic heterocycles. The molecule has 0 spiro atoms. The lowest BCUT2D eigenvalue weighted by molar-refractivity contribution is -0.117. The largest absolute Gasteiger partial charge is 0.446 e. The van der Waals surface area contributed by atoms with Gasteiger partial charge in [0.05, 0.1) is 6.54 Å². The van der Waals surface area contributed by atoms with Crippen molar-refractivity contribution >= 4 is 35.2 Å². The third kappa shape index (κ3) is 5.84. The molecule has 0 aromatic heterocycles. The quantitative estimate of drug-likeness (QED) is 0.837. The van der Waals surface area contributed by atoms with E-state index in [-0.39, 0.29) is 27.2 Å². The molecule has 0 fully saturated rings. The van der Waals surface area contributed by atoms with E-state index in [1.807, 2.05) is 0 Å². The molecule has 1 rings (SSSR count). The summed E-state index contributed by atoms with van der Waals surface area (Å²) in [6.07, 6.45) is 0. The molecule has 0 aliphatic rings. The van der Waals surface area contributed by atoms with Crippen LogP contribution >= 0.6 is 23.4 Å². The molecule has 9 heteroatoms. The minimum atomic E-state index is -4.48. The summed E-state index contributed by atoms with van der Waals surface area (Å²) in [6, 6.07) is 3.31. The van der Waals surface area contributed by atoms with Gasteiger partial charge in [-0.05, 0) is 30.0 Å². The van der Waals surface area contributed by atoms with Crippen LogP contribution in [0.5, 0.6) is 0 Å². The van der Waals surface area contributed by atoms with Crippen molar-refractivity contribution in [2.45, 2.75) is 10.4 Å². The van der Waals surface area contributed by atoms with Gasteiger partial charge in [0, 0.05) is 15.5 Å². The summed E-state index contributed by atoms with van der Waals surface area (Å²) in [5.41, 5.74) is 0.266. The molecule has 104 valence electrons. The molecule has 0 bridgehead atoms. The van der Waals surface area contributed by atoms with Gasteiger partial charge < -0.3 is 11.1 Å². The number of benzene rings is 1. The van der Waals surface area contributed by atoms with Crippen LogP contribution < -0.4 is 11.1 Å². The van der Waals surface area contributed by atoms with Crippen LogP contribution in [0.2, 0.25) is 5.02 Å². The number of carbonyl (C=O) groups is 2. The first-order valence-corrected chi connectivity index (χ1v) is 5.99. The Morgan fingerprint density at radius 2 is 1.95 bits per heavy atom. The Morgan fingerprint density at radius 3 is 2.47 bits per heavy atom. The van der Waals surface area contributed by atoms with E-state index < -0.39 is 23.9 Å². The first kappa shape index (κ1) is 15.6. The van der Waals surface area contributed by atoms with E-state index in [1.165, 1.54) is 6.07 Å². The zero-order valence-electron chi connectivity index (χ0n) is 9.25. The normalized spacial score (nSPS) is 11.2. The van der Waals surface area contributed by atoms with Crippen LogP contribution in [0.1, 0.15) is 10.4 Å². The summed E-state index contributed by atoms with van der Waals surface area (Å²) in [5, 5.41) is 2.14. The summed E-state index contributed by atoms with van der Waals surface area (Å²) in [6.45, 7) is -0.410. The Labute approximate surface area is 115 Å². The van der Waals surface area contributed by atoms with Crippen molar-refractivity contribution in [3.8, 4) is 0 Å². The number of nitrogens with one attached hydrogen (secondary N) is 1. The number of alkyl halides is 3. The molecule has 3 N–H and O–H groups in total. The first-order valence-electron chi connectivity index (χ1n) is 4.80. The molecule has 0 radical (unpaired) electrons. The van der Waals surface area contributed by atoms with Gasteiger partial charge in [-0.2, -0.15) is 13.2 Å². The average Bonchev–Trinajstić information content (AvgIpc) is 2.22. The highest BCUT2D eigenvalue weighted by atomic mass is 35.5. The Morgan fingerprint density at radius 1 is 1.32 bits per heavy atom. The average molecular weight is 313 g/mol. The molecule has 1 aromatic carbocycles. The minimum absolute atomic E-state index is 0.0153. The third-order valence-corrected chi connectivity index (χ3v) is 2.71. The van der Waals surface area contributed by atoms with Gasteiger partial charge in [-0.3, -0.25) is 9.59 Å². The molecule has 0 saturated heterocycles. The molecule has 2 amide bonds. The molecule has 0 saturated carbocycles. The van der Waals surface area contributed by atoms with Crippen LogP contribution in [0.4, 0.5) is 13.2 Å². The fourth-order valence-corrected chi connectivity index (χ4v) is 2.09. The Hall–Kier alpha value is -1.41. The van der Waals surface area contributed by atoms with Crippen molar-refractivity contribution in [1.29, 1.82) is 0 Å². The van der Waals surface area contributed by atoms with Crippen LogP contribution in [0.3, 0.4) is 0 Å². The highest BCUT2D eigenvalue weighted by Crippen LogP contribution is 2.38. The zero-order valence-corrected chi connectivity index (χ0v) is 10.8. The van der Waals surface area contributed by atoms with Crippen molar-refractivity contribution in [3.05, 3.63) is 28.8 Å². The first-order chi connectivity index (χ1) is 8.67. The number of hydrogen-bond acceptors (Lipinski definition) is 3. The van der Waals surface area contributed by atoms with Gasteiger partial charge in [0.25, 0.3) is 5.91 Å². The number of rotatable bonds is 4. The van der Waals surface area contributed by atoms with Crippen molar-refractivity contribution in [2.75, 3.05) is 6.54 Å². The van der Waals surface area contributed by atoms with Crippen molar-refractivity contribution in [1.82, 2.24) is 5.32 Å². The standard InChI is InChI=1S/C10H8ClF3N2O2S/c11-6-1-5(9(18)16-4-8(15)17)2-7(3-6)19-10(12,13)14/h1-3H,4H2,(H2,15,17)(H,16,18). The summed E-state index contributed by atoms with van der Waals surface area (Å²) in [4.78, 5) is 21.8. The van der Waals surface area contributed by atoms with Crippen LogP contribution in [0.15, 0.2) is 23.1 Å². The maximum Gasteiger partial charge on any atom is 0.446 e. The second kappa shape index (κ2) is 6.16. The van der Waals surface area contributed by atoms with E-state index in [1.54, 1.807) is 0 Å². The van der Waals surface area contributed by atoms with Gasteiger partial charge in [0.15, 0.2) is 0 Å². The molecule has 0 aliphatic carbocycles. The predicted octanol–water partition coefficient (Wildman–Crippen LogP) is 2.17. The third-order valence-electron chi connectivity index (χ3n) is 1.79. The summed E-state index contributed by atoms with van der Waals surface area (Å²) < 4.78 is 36.7. The zero-order chi connectivity index (χ0) is 14.6. The number of amides is 2. The van der Waals surface area contributed by atoms with Crippen LogP contribution in [0, 0.1) is 0 Å². The van der Waals surface area contributed by atoms with E-state index >= 15 is 0 Å². The fourth-order valence-electron chi connectivity index (χ4n) is 1.16. The molecular formula is C10H8ClF3N2O2S. The number of primary amides is 1. The number of carbonyl (C=O) groups excluding carboxylic acids is 2. The highest BCUT2D eigenvalue weighted by Gasteiger charge is 2.29. The second-order valence-electron chi connectivity index (χ2n) is 3.37. The van der Waals surface area contributed by atoms with Gasteiger partial charge >= 0.3 is 5.51 Å². The Kier molecular flexibility index (Phi) is 5.07. The molecule has 0 atom stereocenters. The van der Waals surface area contributed by atoms with Crippen molar-refractivity contribution < 1.29 is 22.8 Å². The van der Waals surface area contributed by atoms with Gasteiger partial charge in [0.1, 0.15) is 0 Å². The topological polar surface area (TPSA) is 72.2 Å². The molecular weight excluding hydrogens is 305 g/mol. The lowest BCUT2D eigenvalue weighted by Crippen LogP contribution is -2.33. The lowest BCUT2D eigenvalue weighted by atomic mass is 10.2. The van der Waals surface area contributed by atoms with Crippen LogP contribution in [0.25, 0.3) is 0 Å². The van der Waals surface area contributed by atoms with Crippen LogP contribution in [-0.4, -0.2) is 23.9 Å². The fraction of sp³-hybridized carbons (Fsp3) is 0.200.